The van der Waals surface area contributed by atoms with Gasteiger partial charge in [-0.15, -0.1) is 0 Å². The van der Waals surface area contributed by atoms with Gasteiger partial charge in [0.1, 0.15) is 18.0 Å². The molecule has 0 amide bonds. The third kappa shape index (κ3) is 8.76. The van der Waals surface area contributed by atoms with E-state index in [-0.39, 0.29) is 23.7 Å². The van der Waals surface area contributed by atoms with Gasteiger partial charge >= 0.3 is 0 Å². The summed E-state index contributed by atoms with van der Waals surface area (Å²) in [5.41, 5.74) is 4.64. The molecule has 42 heavy (non-hydrogen) atoms. The number of rotatable bonds is 12. The van der Waals surface area contributed by atoms with E-state index >= 15 is 0 Å². The molecule has 5 rings (SSSR count). The molecule has 0 spiro atoms. The second-order valence-electron chi connectivity index (χ2n) is 11.8. The summed E-state index contributed by atoms with van der Waals surface area (Å²) < 4.78 is 32.3. The quantitative estimate of drug-likeness (QED) is 0.175. The molecule has 5 nitrogen and oxygen atoms in total. The molecule has 1 unspecified atom stereocenters. The predicted molar refractivity (Wildman–Crippen MR) is 165 cm³/mol. The Morgan fingerprint density at radius 2 is 1.17 bits per heavy atom. The summed E-state index contributed by atoms with van der Waals surface area (Å²) in [4.78, 5) is 0. The van der Waals surface area contributed by atoms with Crippen LogP contribution in [0.4, 0.5) is 0 Å². The number of hydrogen-bond donors (Lipinski definition) is 0. The van der Waals surface area contributed by atoms with Crippen molar-refractivity contribution >= 4 is 0 Å². The SMILES string of the molecule is CC(C)(C)c1ccc(O[C@@H]2C[C@@H](OCc3ccccc3)[C@@H](OCc3ccccc3)C(COCc3ccccc3)O2)cc1. The Labute approximate surface area is 250 Å². The van der Waals surface area contributed by atoms with Crippen LogP contribution in [0.15, 0.2) is 115 Å². The smallest absolute Gasteiger partial charge is 0.202 e. The average molecular weight is 567 g/mol. The standard InChI is InChI=1S/C37H42O5/c1-37(2,3)31-19-21-32(22-20-31)41-35-23-33(39-25-29-15-9-5-10-16-29)36(40-26-30-17-11-6-12-18-30)34(42-35)27-38-24-28-13-7-4-8-14-28/h4-22,33-36H,23-27H2,1-3H3/t33-,34?,35+,36-/m1/s1. The molecule has 0 radical (unpaired) electrons. The van der Waals surface area contributed by atoms with Crippen molar-refractivity contribution in [2.75, 3.05) is 6.61 Å². The summed E-state index contributed by atoms with van der Waals surface area (Å²) in [5.74, 6) is 0.766. The maximum absolute atomic E-state index is 6.56. The van der Waals surface area contributed by atoms with Gasteiger partial charge in [0.05, 0.1) is 32.5 Å². The molecule has 220 valence electrons. The Hall–Kier alpha value is -3.48. The zero-order chi connectivity index (χ0) is 29.2. The first-order valence-electron chi connectivity index (χ1n) is 14.8. The number of hydrogen-bond acceptors (Lipinski definition) is 5. The summed E-state index contributed by atoms with van der Waals surface area (Å²) in [6, 6.07) is 38.8. The second kappa shape index (κ2) is 14.6. The number of ether oxygens (including phenoxy) is 5. The minimum atomic E-state index is -0.506. The second-order valence-corrected chi connectivity index (χ2v) is 11.8. The van der Waals surface area contributed by atoms with E-state index in [2.05, 4.69) is 69.3 Å². The van der Waals surface area contributed by atoms with Gasteiger partial charge in [-0.3, -0.25) is 0 Å². The third-order valence-corrected chi connectivity index (χ3v) is 7.46. The van der Waals surface area contributed by atoms with Gasteiger partial charge in [-0.25, -0.2) is 0 Å². The molecule has 4 aromatic carbocycles. The van der Waals surface area contributed by atoms with Crippen molar-refractivity contribution in [3.8, 4) is 5.75 Å². The molecule has 4 atom stereocenters. The van der Waals surface area contributed by atoms with Gasteiger partial charge in [-0.05, 0) is 39.8 Å². The maximum atomic E-state index is 6.56. The summed E-state index contributed by atoms with van der Waals surface area (Å²) in [6.45, 7) is 8.38. The summed E-state index contributed by atoms with van der Waals surface area (Å²) in [6.07, 6.45) is -0.957. The van der Waals surface area contributed by atoms with E-state index in [1.807, 2.05) is 66.7 Å². The highest BCUT2D eigenvalue weighted by Crippen LogP contribution is 2.31. The van der Waals surface area contributed by atoms with Gasteiger partial charge in [0, 0.05) is 6.42 Å². The van der Waals surface area contributed by atoms with Crippen molar-refractivity contribution in [1.82, 2.24) is 0 Å². The Balaban J connectivity index is 1.34. The van der Waals surface area contributed by atoms with Gasteiger partial charge in [0.2, 0.25) is 6.29 Å². The van der Waals surface area contributed by atoms with Crippen LogP contribution in [0.25, 0.3) is 0 Å². The predicted octanol–water partition coefficient (Wildman–Crippen LogP) is 7.87. The summed E-state index contributed by atoms with van der Waals surface area (Å²) >= 11 is 0. The van der Waals surface area contributed by atoms with Crippen LogP contribution >= 0.6 is 0 Å². The van der Waals surface area contributed by atoms with Crippen molar-refractivity contribution in [1.29, 1.82) is 0 Å². The van der Waals surface area contributed by atoms with Crippen LogP contribution in [0.2, 0.25) is 0 Å². The summed E-state index contributed by atoms with van der Waals surface area (Å²) in [7, 11) is 0. The molecular formula is C37H42O5. The molecule has 0 bridgehead atoms. The first-order chi connectivity index (χ1) is 20.4. The van der Waals surface area contributed by atoms with Gasteiger partial charge < -0.3 is 23.7 Å². The number of benzene rings is 4. The fourth-order valence-corrected chi connectivity index (χ4v) is 5.08. The molecule has 5 heteroatoms. The molecule has 0 aromatic heterocycles. The normalized spacial score (nSPS) is 20.7. The lowest BCUT2D eigenvalue weighted by atomic mass is 9.87. The molecule has 4 aromatic rings. The van der Waals surface area contributed by atoms with Crippen molar-refractivity contribution in [3.05, 3.63) is 138 Å². The van der Waals surface area contributed by atoms with Crippen LogP contribution in [-0.4, -0.2) is 31.2 Å². The van der Waals surface area contributed by atoms with E-state index < -0.39 is 6.29 Å². The molecule has 1 fully saturated rings. The molecule has 1 heterocycles. The van der Waals surface area contributed by atoms with E-state index in [0.29, 0.717) is 32.8 Å². The van der Waals surface area contributed by atoms with Crippen LogP contribution in [-0.2, 0) is 44.2 Å². The van der Waals surface area contributed by atoms with E-state index in [1.165, 1.54) is 5.56 Å². The average Bonchev–Trinajstić information content (AvgIpc) is 3.01. The Morgan fingerprint density at radius 1 is 0.643 bits per heavy atom. The van der Waals surface area contributed by atoms with E-state index in [1.54, 1.807) is 0 Å². The highest BCUT2D eigenvalue weighted by Gasteiger charge is 2.41. The van der Waals surface area contributed by atoms with E-state index in [9.17, 15) is 0 Å². The lowest BCUT2D eigenvalue weighted by Gasteiger charge is -2.41. The Kier molecular flexibility index (Phi) is 10.4. The van der Waals surface area contributed by atoms with Crippen LogP contribution in [0.1, 0.15) is 49.4 Å². The monoisotopic (exact) mass is 566 g/mol. The first kappa shape index (κ1) is 30.0. The van der Waals surface area contributed by atoms with Crippen molar-refractivity contribution in [2.24, 2.45) is 0 Å². The fraction of sp³-hybridized carbons (Fsp3) is 0.351. The maximum Gasteiger partial charge on any atom is 0.202 e. The highest BCUT2D eigenvalue weighted by atomic mass is 16.7. The van der Waals surface area contributed by atoms with Gasteiger partial charge in [0.15, 0.2) is 0 Å². The van der Waals surface area contributed by atoms with Crippen LogP contribution in [0, 0.1) is 0 Å². The van der Waals surface area contributed by atoms with E-state index in [4.69, 9.17) is 23.7 Å². The molecule has 0 saturated carbocycles. The van der Waals surface area contributed by atoms with Gasteiger partial charge in [0.25, 0.3) is 0 Å². The van der Waals surface area contributed by atoms with Crippen LogP contribution < -0.4 is 4.74 Å². The molecule has 0 aliphatic carbocycles. The lowest BCUT2D eigenvalue weighted by Crippen LogP contribution is -2.53. The summed E-state index contributed by atoms with van der Waals surface area (Å²) in [5, 5.41) is 0. The van der Waals surface area contributed by atoms with Gasteiger partial charge in [-0.2, -0.15) is 0 Å². The van der Waals surface area contributed by atoms with Crippen LogP contribution in [0.5, 0.6) is 5.75 Å². The molecule has 1 aliphatic rings. The molecule has 0 N–H and O–H groups in total. The van der Waals surface area contributed by atoms with E-state index in [0.717, 1.165) is 22.4 Å². The van der Waals surface area contributed by atoms with Crippen molar-refractivity contribution in [2.45, 2.75) is 77.0 Å². The fourth-order valence-electron chi connectivity index (χ4n) is 5.08. The topological polar surface area (TPSA) is 46.2 Å². The zero-order valence-electron chi connectivity index (χ0n) is 24.9. The van der Waals surface area contributed by atoms with Crippen molar-refractivity contribution in [3.63, 3.8) is 0 Å². The lowest BCUT2D eigenvalue weighted by molar-refractivity contribution is -0.257. The third-order valence-electron chi connectivity index (χ3n) is 7.46. The zero-order valence-corrected chi connectivity index (χ0v) is 24.9. The minimum Gasteiger partial charge on any atom is -0.465 e. The largest absolute Gasteiger partial charge is 0.465 e. The van der Waals surface area contributed by atoms with Crippen LogP contribution in [0.3, 0.4) is 0 Å². The minimum absolute atomic E-state index is 0.0702. The molecular weight excluding hydrogens is 524 g/mol. The highest BCUT2D eigenvalue weighted by molar-refractivity contribution is 5.31. The molecule has 1 saturated heterocycles. The molecule has 1 aliphatic heterocycles. The van der Waals surface area contributed by atoms with Crippen molar-refractivity contribution < 1.29 is 23.7 Å². The van der Waals surface area contributed by atoms with Gasteiger partial charge in [-0.1, -0.05) is 124 Å². The first-order valence-corrected chi connectivity index (χ1v) is 14.8. The Bertz CT molecular complexity index is 1320. The Morgan fingerprint density at radius 3 is 1.71 bits per heavy atom.